The molecule has 130 valence electrons. The topological polar surface area (TPSA) is 92.3 Å². The lowest BCUT2D eigenvalue weighted by Gasteiger charge is -2.15. The number of hydrogen-bond donors (Lipinski definition) is 1. The fourth-order valence-electron chi connectivity index (χ4n) is 2.47. The van der Waals surface area contributed by atoms with Crippen molar-refractivity contribution in [1.29, 1.82) is 5.26 Å². The first kappa shape index (κ1) is 18.7. The summed E-state index contributed by atoms with van der Waals surface area (Å²) in [6.45, 7) is 3.21. The predicted molar refractivity (Wildman–Crippen MR) is 96.1 cm³/mol. The summed E-state index contributed by atoms with van der Waals surface area (Å²) < 4.78 is 7.37. The van der Waals surface area contributed by atoms with Crippen LogP contribution in [-0.4, -0.2) is 22.1 Å². The van der Waals surface area contributed by atoms with Gasteiger partial charge in [-0.2, -0.15) is 5.26 Å². The first-order valence-electron chi connectivity index (χ1n) is 7.68. The average Bonchev–Trinajstić information content (AvgIpc) is 2.58. The molecule has 2 aromatic rings. The van der Waals surface area contributed by atoms with Crippen LogP contribution >= 0.6 is 15.9 Å². The lowest BCUT2D eigenvalue weighted by molar-refractivity contribution is 0.0916. The Kier molecular flexibility index (Phi) is 5.99. The van der Waals surface area contributed by atoms with Crippen molar-refractivity contribution in [3.63, 3.8) is 0 Å². The summed E-state index contributed by atoms with van der Waals surface area (Å²) in [6, 6.07) is 8.77. The van der Waals surface area contributed by atoms with Gasteiger partial charge in [-0.1, -0.05) is 22.9 Å². The zero-order valence-corrected chi connectivity index (χ0v) is 15.5. The minimum Gasteiger partial charge on any atom is -0.494 e. The summed E-state index contributed by atoms with van der Waals surface area (Å²) in [4.78, 5) is 24.8. The highest BCUT2D eigenvalue weighted by Gasteiger charge is 2.23. The maximum absolute atomic E-state index is 12.5. The van der Waals surface area contributed by atoms with Gasteiger partial charge >= 0.3 is 0 Å². The number of carbonyl (C=O) groups is 1. The predicted octanol–water partition coefficient (Wildman–Crippen LogP) is 3.17. The van der Waals surface area contributed by atoms with Crippen LogP contribution in [0.1, 0.15) is 34.8 Å². The summed E-state index contributed by atoms with van der Waals surface area (Å²) in [6.07, 6.45) is 0.574. The molecule has 0 saturated heterocycles. The molecule has 1 N–H and O–H groups in total. The Labute approximate surface area is 153 Å². The Morgan fingerprint density at radius 3 is 2.56 bits per heavy atom. The van der Waals surface area contributed by atoms with Gasteiger partial charge in [0.05, 0.1) is 5.56 Å². The summed E-state index contributed by atoms with van der Waals surface area (Å²) >= 11 is 3.31. The Morgan fingerprint density at radius 2 is 2.00 bits per heavy atom. The number of nitrogens with zero attached hydrogens (tertiary/aromatic N) is 2. The molecule has 0 aliphatic rings. The van der Waals surface area contributed by atoms with Gasteiger partial charge in [-0.15, -0.1) is 0 Å². The molecule has 0 radical (unpaired) electrons. The second-order valence-electron chi connectivity index (χ2n) is 5.43. The number of benzene rings is 1. The molecule has 0 spiro atoms. The number of pyridine rings is 1. The third kappa shape index (κ3) is 3.91. The number of rotatable bonds is 6. The van der Waals surface area contributed by atoms with E-state index < -0.39 is 17.2 Å². The molecule has 1 heterocycles. The molecule has 25 heavy (non-hydrogen) atoms. The molecular formula is C18H17BrN2O4. The highest BCUT2D eigenvalue weighted by atomic mass is 79.9. The van der Waals surface area contributed by atoms with Crippen LogP contribution in [0.25, 0.3) is 0 Å². The van der Waals surface area contributed by atoms with Crippen LogP contribution in [0.4, 0.5) is 0 Å². The molecule has 6 nitrogen and oxygen atoms in total. The number of ether oxygens (including phenoxy) is 1. The molecule has 7 heteroatoms. The van der Waals surface area contributed by atoms with Gasteiger partial charge in [-0.3, -0.25) is 14.2 Å². The van der Waals surface area contributed by atoms with Gasteiger partial charge in [0.2, 0.25) is 11.7 Å². The van der Waals surface area contributed by atoms with E-state index in [0.717, 1.165) is 9.04 Å². The zero-order valence-electron chi connectivity index (χ0n) is 13.9. The molecule has 1 aromatic carbocycles. The zero-order chi connectivity index (χ0) is 18.6. The smallest absolute Gasteiger partial charge is 0.271 e. The largest absolute Gasteiger partial charge is 0.494 e. The van der Waals surface area contributed by atoms with Crippen LogP contribution in [0, 0.1) is 18.3 Å². The Hall–Kier alpha value is -2.59. The Bertz CT molecular complexity index is 895. The molecule has 0 fully saturated rings. The van der Waals surface area contributed by atoms with E-state index in [1.54, 1.807) is 24.3 Å². The second kappa shape index (κ2) is 7.99. The third-order valence-corrected chi connectivity index (χ3v) is 4.24. The van der Waals surface area contributed by atoms with Crippen LogP contribution in [0.5, 0.6) is 11.6 Å². The summed E-state index contributed by atoms with van der Waals surface area (Å²) in [5, 5.41) is 19.6. The number of halogens is 1. The van der Waals surface area contributed by atoms with E-state index in [-0.39, 0.29) is 29.8 Å². The number of hydrogen-bond acceptors (Lipinski definition) is 5. The molecule has 0 bridgehead atoms. The third-order valence-electron chi connectivity index (χ3n) is 3.71. The number of Topliss-reactive ketones (excluding diaryl/α,β-unsaturated/α-hetero) is 1. The van der Waals surface area contributed by atoms with Gasteiger partial charge < -0.3 is 9.84 Å². The fraction of sp³-hybridized carbons (Fsp3) is 0.278. The van der Waals surface area contributed by atoms with Gasteiger partial charge in [-0.25, -0.2) is 0 Å². The molecule has 2 rings (SSSR count). The molecule has 1 aromatic heterocycles. The minimum atomic E-state index is -0.593. The van der Waals surface area contributed by atoms with Gasteiger partial charge in [0, 0.05) is 11.0 Å². The molecule has 0 aliphatic heterocycles. The Balaban J connectivity index is 2.38. The van der Waals surface area contributed by atoms with Crippen molar-refractivity contribution in [2.45, 2.75) is 26.8 Å². The monoisotopic (exact) mass is 404 g/mol. The number of aromatic nitrogens is 1. The van der Waals surface area contributed by atoms with Gasteiger partial charge in [-0.05, 0) is 43.2 Å². The Morgan fingerprint density at radius 1 is 1.36 bits per heavy atom. The molecule has 0 aliphatic carbocycles. The minimum absolute atomic E-state index is 0.0540. The SMILES string of the molecule is CCCn1c(O)c(C(=O)COc2ccc(Br)cc2)c(C)c(C#N)c1=O. The van der Waals surface area contributed by atoms with E-state index >= 15 is 0 Å². The highest BCUT2D eigenvalue weighted by molar-refractivity contribution is 9.10. The second-order valence-corrected chi connectivity index (χ2v) is 6.35. The van der Waals surface area contributed by atoms with Crippen molar-refractivity contribution in [3.05, 3.63) is 55.8 Å². The number of carbonyl (C=O) groups excluding carboxylic acids is 1. The van der Waals surface area contributed by atoms with Crippen molar-refractivity contribution in [2.75, 3.05) is 6.61 Å². The van der Waals surface area contributed by atoms with Gasteiger partial charge in [0.15, 0.2) is 6.61 Å². The van der Waals surface area contributed by atoms with E-state index in [1.807, 2.05) is 13.0 Å². The van der Waals surface area contributed by atoms with Crippen LogP contribution in [0.3, 0.4) is 0 Å². The van der Waals surface area contributed by atoms with Crippen LogP contribution < -0.4 is 10.3 Å². The first-order valence-corrected chi connectivity index (χ1v) is 8.48. The standard InChI is InChI=1S/C18H17BrN2O4/c1-3-8-21-17(23)14(9-20)11(2)16(18(21)24)15(22)10-25-13-6-4-12(19)5-7-13/h4-7,24H,3,8,10H2,1-2H3. The molecular weight excluding hydrogens is 388 g/mol. The average molecular weight is 405 g/mol. The van der Waals surface area contributed by atoms with Gasteiger partial charge in [0.1, 0.15) is 17.4 Å². The lowest BCUT2D eigenvalue weighted by Crippen LogP contribution is -2.27. The van der Waals surface area contributed by atoms with E-state index in [4.69, 9.17) is 4.74 Å². The van der Waals surface area contributed by atoms with Crippen molar-refractivity contribution in [3.8, 4) is 17.7 Å². The quantitative estimate of drug-likeness (QED) is 0.746. The molecule has 0 atom stereocenters. The van der Waals surface area contributed by atoms with E-state index in [1.165, 1.54) is 6.92 Å². The van der Waals surface area contributed by atoms with E-state index in [0.29, 0.717) is 12.2 Å². The summed E-state index contributed by atoms with van der Waals surface area (Å²) in [5.41, 5.74) is -0.619. The maximum Gasteiger partial charge on any atom is 0.271 e. The maximum atomic E-state index is 12.5. The first-order chi connectivity index (χ1) is 11.9. The van der Waals surface area contributed by atoms with Crippen LogP contribution in [0.15, 0.2) is 33.5 Å². The molecule has 0 amide bonds. The lowest BCUT2D eigenvalue weighted by atomic mass is 10.0. The highest BCUT2D eigenvalue weighted by Crippen LogP contribution is 2.23. The summed E-state index contributed by atoms with van der Waals surface area (Å²) in [5.74, 6) is -0.428. The van der Waals surface area contributed by atoms with Crippen molar-refractivity contribution in [2.24, 2.45) is 0 Å². The van der Waals surface area contributed by atoms with E-state index in [9.17, 15) is 20.0 Å². The number of aromatic hydroxyl groups is 1. The number of nitriles is 1. The van der Waals surface area contributed by atoms with Gasteiger partial charge in [0.25, 0.3) is 5.56 Å². The van der Waals surface area contributed by atoms with Crippen molar-refractivity contribution in [1.82, 2.24) is 4.57 Å². The molecule has 0 unspecified atom stereocenters. The van der Waals surface area contributed by atoms with Crippen LogP contribution in [0.2, 0.25) is 0 Å². The van der Waals surface area contributed by atoms with E-state index in [2.05, 4.69) is 15.9 Å². The number of ketones is 1. The fourth-order valence-corrected chi connectivity index (χ4v) is 2.73. The molecule has 0 saturated carbocycles. The van der Waals surface area contributed by atoms with Crippen LogP contribution in [-0.2, 0) is 6.54 Å². The van der Waals surface area contributed by atoms with Crippen molar-refractivity contribution < 1.29 is 14.6 Å². The normalized spacial score (nSPS) is 10.3. The van der Waals surface area contributed by atoms with Crippen molar-refractivity contribution >= 4 is 21.7 Å². The summed E-state index contributed by atoms with van der Waals surface area (Å²) in [7, 11) is 0.